The van der Waals surface area contributed by atoms with E-state index in [2.05, 4.69) is 0 Å². The molecule has 6 heteroatoms. The van der Waals surface area contributed by atoms with Gasteiger partial charge in [-0.1, -0.05) is 19.3 Å². The number of hydrogen-bond donors (Lipinski definition) is 1. The second-order valence-electron chi connectivity index (χ2n) is 6.68. The zero-order chi connectivity index (χ0) is 15.3. The molecule has 0 spiro atoms. The molecular weight excluding hydrogens is 302 g/mol. The van der Waals surface area contributed by atoms with E-state index in [-0.39, 0.29) is 29.6 Å². The molecular formula is C16H30ClN3O2. The molecule has 1 saturated heterocycles. The maximum Gasteiger partial charge on any atom is 0.223 e. The van der Waals surface area contributed by atoms with Crippen molar-refractivity contribution >= 4 is 24.2 Å². The van der Waals surface area contributed by atoms with E-state index >= 15 is 0 Å². The molecule has 0 radical (unpaired) electrons. The normalized spacial score (nSPS) is 21.7. The fourth-order valence-electron chi connectivity index (χ4n) is 3.67. The Balaban J connectivity index is 0.00000242. The summed E-state index contributed by atoms with van der Waals surface area (Å²) in [6, 6.07) is 0. The molecule has 2 amide bonds. The summed E-state index contributed by atoms with van der Waals surface area (Å²) in [7, 11) is 0. The molecule has 0 bridgehead atoms. The molecule has 1 aliphatic carbocycles. The van der Waals surface area contributed by atoms with Gasteiger partial charge >= 0.3 is 0 Å². The van der Waals surface area contributed by atoms with Gasteiger partial charge in [-0.25, -0.2) is 0 Å². The summed E-state index contributed by atoms with van der Waals surface area (Å²) in [6.07, 6.45) is 7.30. The Labute approximate surface area is 140 Å². The summed E-state index contributed by atoms with van der Waals surface area (Å²) in [4.78, 5) is 27.9. The summed E-state index contributed by atoms with van der Waals surface area (Å²) < 4.78 is 0. The largest absolute Gasteiger partial charge is 0.341 e. The monoisotopic (exact) mass is 331 g/mol. The van der Waals surface area contributed by atoms with Crippen LogP contribution >= 0.6 is 12.4 Å². The minimum Gasteiger partial charge on any atom is -0.341 e. The minimum atomic E-state index is 0. The molecule has 0 unspecified atom stereocenters. The van der Waals surface area contributed by atoms with Crippen molar-refractivity contribution in [1.29, 1.82) is 0 Å². The van der Waals surface area contributed by atoms with E-state index in [9.17, 15) is 9.59 Å². The molecule has 0 atom stereocenters. The zero-order valence-corrected chi connectivity index (χ0v) is 14.5. The Hall–Kier alpha value is -0.810. The fraction of sp³-hybridized carbons (Fsp3) is 0.875. The van der Waals surface area contributed by atoms with Crippen LogP contribution < -0.4 is 5.73 Å². The van der Waals surface area contributed by atoms with Crippen molar-refractivity contribution in [3.8, 4) is 0 Å². The lowest BCUT2D eigenvalue weighted by Crippen LogP contribution is -2.42. The number of carbonyl (C=O) groups is 2. The van der Waals surface area contributed by atoms with Crippen LogP contribution in [0.4, 0.5) is 0 Å². The third-order valence-corrected chi connectivity index (χ3v) is 5.17. The summed E-state index contributed by atoms with van der Waals surface area (Å²) in [5.74, 6) is 0.336. The van der Waals surface area contributed by atoms with Crippen molar-refractivity contribution in [3.63, 3.8) is 0 Å². The van der Waals surface area contributed by atoms with Gasteiger partial charge in [0.15, 0.2) is 0 Å². The van der Waals surface area contributed by atoms with E-state index in [1.165, 1.54) is 19.3 Å². The van der Waals surface area contributed by atoms with Crippen LogP contribution in [0.5, 0.6) is 0 Å². The number of halogens is 1. The average Bonchev–Trinajstić information content (AvgIpc) is 2.74. The number of nitrogens with two attached hydrogens (primary N) is 1. The summed E-state index contributed by atoms with van der Waals surface area (Å²) in [5, 5.41) is 0. The molecule has 2 N–H and O–H groups in total. The summed E-state index contributed by atoms with van der Waals surface area (Å²) in [6.45, 7) is 5.08. The summed E-state index contributed by atoms with van der Waals surface area (Å²) in [5.41, 5.74) is 6.01. The van der Waals surface area contributed by atoms with E-state index < -0.39 is 0 Å². The lowest BCUT2D eigenvalue weighted by molar-refractivity contribution is -0.135. The van der Waals surface area contributed by atoms with Crippen LogP contribution in [0.3, 0.4) is 0 Å². The molecule has 0 aromatic heterocycles. The Kier molecular flexibility index (Phi) is 7.63. The topological polar surface area (TPSA) is 66.6 Å². The smallest absolute Gasteiger partial charge is 0.223 e. The first-order valence-electron chi connectivity index (χ1n) is 8.30. The van der Waals surface area contributed by atoms with Crippen LogP contribution in [0.25, 0.3) is 0 Å². The summed E-state index contributed by atoms with van der Waals surface area (Å²) >= 11 is 0. The first-order valence-corrected chi connectivity index (χ1v) is 8.30. The first-order chi connectivity index (χ1) is 10.1. The van der Waals surface area contributed by atoms with Gasteiger partial charge in [0.05, 0.1) is 0 Å². The second-order valence-corrected chi connectivity index (χ2v) is 6.68. The van der Waals surface area contributed by atoms with Crippen molar-refractivity contribution < 1.29 is 9.59 Å². The number of rotatable bonds is 3. The third-order valence-electron chi connectivity index (χ3n) is 5.17. The van der Waals surface area contributed by atoms with Crippen molar-refractivity contribution in [2.24, 2.45) is 11.1 Å². The minimum absolute atomic E-state index is 0. The average molecular weight is 332 g/mol. The lowest BCUT2D eigenvalue weighted by Gasteiger charge is -2.37. The van der Waals surface area contributed by atoms with E-state index in [1.807, 2.05) is 9.80 Å². The standard InChI is InChI=1S/C16H29N3O2.ClH/c1-14(20)18-8-5-9-19(11-10-18)15(21)12-16(13-17)6-3-2-4-7-16;/h2-13,17H2,1H3;1H. The van der Waals surface area contributed by atoms with Gasteiger partial charge in [-0.15, -0.1) is 12.4 Å². The molecule has 22 heavy (non-hydrogen) atoms. The van der Waals surface area contributed by atoms with Gasteiger partial charge in [0.2, 0.25) is 11.8 Å². The van der Waals surface area contributed by atoms with Crippen molar-refractivity contribution in [3.05, 3.63) is 0 Å². The van der Waals surface area contributed by atoms with Crippen LogP contribution in [0.1, 0.15) is 51.9 Å². The maximum absolute atomic E-state index is 12.6. The zero-order valence-electron chi connectivity index (χ0n) is 13.7. The van der Waals surface area contributed by atoms with Crippen molar-refractivity contribution in [2.75, 3.05) is 32.7 Å². The predicted molar refractivity (Wildman–Crippen MR) is 89.9 cm³/mol. The van der Waals surface area contributed by atoms with Crippen LogP contribution in [-0.2, 0) is 9.59 Å². The molecule has 2 fully saturated rings. The molecule has 2 rings (SSSR count). The van der Waals surface area contributed by atoms with Crippen molar-refractivity contribution in [1.82, 2.24) is 9.80 Å². The van der Waals surface area contributed by atoms with Crippen LogP contribution in [0, 0.1) is 5.41 Å². The van der Waals surface area contributed by atoms with Gasteiger partial charge < -0.3 is 15.5 Å². The fourth-order valence-corrected chi connectivity index (χ4v) is 3.67. The Bertz CT molecular complexity index is 384. The molecule has 0 aromatic carbocycles. The van der Waals surface area contributed by atoms with Gasteiger partial charge in [0.25, 0.3) is 0 Å². The Morgan fingerprint density at radius 2 is 1.55 bits per heavy atom. The van der Waals surface area contributed by atoms with E-state index in [0.29, 0.717) is 26.1 Å². The molecule has 1 aliphatic heterocycles. The Morgan fingerprint density at radius 3 is 2.14 bits per heavy atom. The van der Waals surface area contributed by atoms with E-state index in [4.69, 9.17) is 5.73 Å². The van der Waals surface area contributed by atoms with Gasteiger partial charge in [-0.3, -0.25) is 9.59 Å². The van der Waals surface area contributed by atoms with Gasteiger partial charge in [-0.2, -0.15) is 0 Å². The molecule has 1 heterocycles. The third kappa shape index (κ3) is 4.85. The van der Waals surface area contributed by atoms with Crippen LogP contribution in [0.2, 0.25) is 0 Å². The molecule has 5 nitrogen and oxygen atoms in total. The highest BCUT2D eigenvalue weighted by molar-refractivity contribution is 5.85. The van der Waals surface area contributed by atoms with Crippen LogP contribution in [-0.4, -0.2) is 54.3 Å². The number of hydrogen-bond acceptors (Lipinski definition) is 3. The molecule has 0 aromatic rings. The number of carbonyl (C=O) groups excluding carboxylic acids is 2. The lowest BCUT2D eigenvalue weighted by atomic mass is 9.71. The SMILES string of the molecule is CC(=O)N1CCCN(C(=O)CC2(CN)CCCCC2)CC1.Cl. The highest BCUT2D eigenvalue weighted by Gasteiger charge is 2.34. The highest BCUT2D eigenvalue weighted by Crippen LogP contribution is 2.38. The maximum atomic E-state index is 12.6. The van der Waals surface area contributed by atoms with E-state index in [1.54, 1.807) is 6.92 Å². The quantitative estimate of drug-likeness (QED) is 0.857. The molecule has 1 saturated carbocycles. The molecule has 2 aliphatic rings. The Morgan fingerprint density at radius 1 is 0.955 bits per heavy atom. The molecule has 128 valence electrons. The van der Waals surface area contributed by atoms with Gasteiger partial charge in [0.1, 0.15) is 0 Å². The second kappa shape index (κ2) is 8.73. The number of nitrogens with zero attached hydrogens (tertiary/aromatic N) is 2. The highest BCUT2D eigenvalue weighted by atomic mass is 35.5. The first kappa shape index (κ1) is 19.2. The predicted octanol–water partition coefficient (Wildman–Crippen LogP) is 1.79. The number of amides is 2. The van der Waals surface area contributed by atoms with Gasteiger partial charge in [-0.05, 0) is 31.2 Å². The van der Waals surface area contributed by atoms with Crippen molar-refractivity contribution in [2.45, 2.75) is 51.9 Å². The van der Waals surface area contributed by atoms with Gasteiger partial charge in [0, 0.05) is 39.5 Å². The van der Waals surface area contributed by atoms with Crippen LogP contribution in [0.15, 0.2) is 0 Å². The van der Waals surface area contributed by atoms with E-state index in [0.717, 1.165) is 32.4 Å².